The molecule has 0 aliphatic rings. The smallest absolute Gasteiger partial charge is 0.352 e. The summed E-state index contributed by atoms with van der Waals surface area (Å²) in [5, 5.41) is 15.3. The van der Waals surface area contributed by atoms with Crippen molar-refractivity contribution in [1.29, 1.82) is 0 Å². The van der Waals surface area contributed by atoms with Crippen molar-refractivity contribution in [3.05, 3.63) is 64.3 Å². The van der Waals surface area contributed by atoms with Crippen molar-refractivity contribution in [1.82, 2.24) is 4.98 Å². The number of carbonyl (C=O) groups excluding carboxylic acids is 2. The Kier molecular flexibility index (Phi) is 5.49. The zero-order valence-corrected chi connectivity index (χ0v) is 16.2. The number of fused-ring (bicyclic) bond motifs is 1. The predicted molar refractivity (Wildman–Crippen MR) is 113 cm³/mol. The number of aromatic amines is 1. The molecule has 0 aliphatic heterocycles. The number of benzene rings is 2. The summed E-state index contributed by atoms with van der Waals surface area (Å²) in [7, 11) is 0. The Morgan fingerprint density at radius 3 is 2.34 bits per heavy atom. The van der Waals surface area contributed by atoms with Gasteiger partial charge in [-0.1, -0.05) is 35.8 Å². The number of anilines is 2. The Morgan fingerprint density at radius 2 is 1.72 bits per heavy atom. The number of nitrogens with two attached hydrogens (primary N) is 1. The highest BCUT2D eigenvalue weighted by Gasteiger charge is 2.25. The lowest BCUT2D eigenvalue weighted by molar-refractivity contribution is -0.111. The second-order valence-corrected chi connectivity index (χ2v) is 6.84. The van der Waals surface area contributed by atoms with Gasteiger partial charge in [0.25, 0.3) is 5.91 Å². The molecule has 1 heterocycles. The summed E-state index contributed by atoms with van der Waals surface area (Å²) in [5.41, 5.74) is 5.84. The first-order valence-corrected chi connectivity index (χ1v) is 8.84. The summed E-state index contributed by atoms with van der Waals surface area (Å²) in [6.07, 6.45) is 0. The number of rotatable bonds is 5. The molecule has 29 heavy (non-hydrogen) atoms. The van der Waals surface area contributed by atoms with Gasteiger partial charge in [-0.25, -0.2) is 9.59 Å². The van der Waals surface area contributed by atoms with E-state index in [1.807, 2.05) is 0 Å². The average molecular weight is 433 g/mol. The van der Waals surface area contributed by atoms with E-state index >= 15 is 0 Å². The second-order valence-electron chi connectivity index (χ2n) is 5.99. The van der Waals surface area contributed by atoms with E-state index in [1.165, 1.54) is 18.2 Å². The van der Waals surface area contributed by atoms with Gasteiger partial charge >= 0.3 is 12.0 Å². The minimum Gasteiger partial charge on any atom is -0.477 e. The van der Waals surface area contributed by atoms with Crippen LogP contribution in [0.4, 0.5) is 16.2 Å². The van der Waals surface area contributed by atoms with Gasteiger partial charge < -0.3 is 26.5 Å². The minimum atomic E-state index is -1.29. The Balaban J connectivity index is 1.99. The molecule has 0 aliphatic carbocycles. The van der Waals surface area contributed by atoms with Crippen LogP contribution < -0.4 is 16.4 Å². The van der Waals surface area contributed by atoms with Gasteiger partial charge in [-0.3, -0.25) is 4.79 Å². The Morgan fingerprint density at radius 1 is 1.07 bits per heavy atom. The molecule has 3 aromatic rings. The normalized spacial score (nSPS) is 10.6. The van der Waals surface area contributed by atoms with Gasteiger partial charge in [-0.2, -0.15) is 0 Å². The van der Waals surface area contributed by atoms with Crippen LogP contribution >= 0.6 is 23.2 Å². The molecule has 0 radical (unpaired) electrons. The van der Waals surface area contributed by atoms with Crippen molar-refractivity contribution in [3.63, 3.8) is 0 Å². The maximum absolute atomic E-state index is 12.7. The topological polar surface area (TPSA) is 137 Å². The summed E-state index contributed by atoms with van der Waals surface area (Å²) in [5.74, 6) is -1.94. The molecule has 0 bridgehead atoms. The number of urea groups is 1. The largest absolute Gasteiger partial charge is 0.477 e. The van der Waals surface area contributed by atoms with Crippen molar-refractivity contribution < 1.29 is 19.5 Å². The zero-order chi connectivity index (χ0) is 21.3. The van der Waals surface area contributed by atoms with Crippen LogP contribution in [0.25, 0.3) is 16.5 Å². The Bertz CT molecular complexity index is 1190. The molecule has 6 N–H and O–H groups in total. The number of carboxylic acid groups (broad SMARTS) is 1. The monoisotopic (exact) mass is 432 g/mol. The van der Waals surface area contributed by atoms with Gasteiger partial charge in [-0.15, -0.1) is 0 Å². The molecule has 2 aromatic carbocycles. The molecule has 0 saturated heterocycles. The third-order valence-electron chi connectivity index (χ3n) is 3.99. The third-order valence-corrected chi connectivity index (χ3v) is 4.51. The van der Waals surface area contributed by atoms with E-state index in [4.69, 9.17) is 28.9 Å². The number of hydrogen-bond acceptors (Lipinski definition) is 3. The lowest BCUT2D eigenvalue weighted by Gasteiger charge is -2.10. The molecular formula is C19H14Cl2N4O4. The lowest BCUT2D eigenvalue weighted by atomic mass is 10.0. The van der Waals surface area contributed by atoms with E-state index in [0.29, 0.717) is 27.3 Å². The standard InChI is InChI=1S/C19H14Cl2N4O4/c1-8(17(26)23-10-3-2-4-11(7-10)24-19(22)29)14-15-12(21)5-9(20)6-13(15)25-16(14)18(27)28/h2-7,25H,1H2,(H,23,26)(H,27,28)(H3,22,24,29). The number of amides is 3. The molecule has 3 amide bonds. The highest BCUT2D eigenvalue weighted by Crippen LogP contribution is 2.36. The van der Waals surface area contributed by atoms with Crippen molar-refractivity contribution >= 4 is 69.0 Å². The summed E-state index contributed by atoms with van der Waals surface area (Å²) >= 11 is 12.2. The number of halogens is 2. The van der Waals surface area contributed by atoms with Gasteiger partial charge in [0, 0.05) is 38.4 Å². The molecule has 148 valence electrons. The van der Waals surface area contributed by atoms with Crippen LogP contribution in [-0.4, -0.2) is 28.0 Å². The Labute approximate surface area is 174 Å². The van der Waals surface area contributed by atoms with E-state index in [0.717, 1.165) is 0 Å². The lowest BCUT2D eigenvalue weighted by Crippen LogP contribution is -2.19. The van der Waals surface area contributed by atoms with Crippen LogP contribution in [0.5, 0.6) is 0 Å². The number of carbonyl (C=O) groups is 3. The first-order valence-electron chi connectivity index (χ1n) is 8.08. The van der Waals surface area contributed by atoms with Crippen LogP contribution in [0.2, 0.25) is 10.0 Å². The quantitative estimate of drug-likeness (QED) is 0.383. The van der Waals surface area contributed by atoms with E-state index in [2.05, 4.69) is 22.2 Å². The van der Waals surface area contributed by atoms with Gasteiger partial charge in [0.05, 0.1) is 5.02 Å². The summed E-state index contributed by atoms with van der Waals surface area (Å²) < 4.78 is 0. The highest BCUT2D eigenvalue weighted by atomic mass is 35.5. The molecular weight excluding hydrogens is 419 g/mol. The SMILES string of the molecule is C=C(C(=O)Nc1cccc(NC(N)=O)c1)c1c(C(=O)O)[nH]c2cc(Cl)cc(Cl)c12. The van der Waals surface area contributed by atoms with Gasteiger partial charge in [-0.05, 0) is 30.3 Å². The van der Waals surface area contributed by atoms with Crippen LogP contribution in [0.3, 0.4) is 0 Å². The molecule has 3 rings (SSSR count). The van der Waals surface area contributed by atoms with Crippen LogP contribution in [0.1, 0.15) is 16.1 Å². The average Bonchev–Trinajstić information content (AvgIpc) is 3.00. The number of carboxylic acids is 1. The minimum absolute atomic E-state index is 0.0538. The van der Waals surface area contributed by atoms with Gasteiger partial charge in [0.2, 0.25) is 0 Å². The van der Waals surface area contributed by atoms with Gasteiger partial charge in [0.15, 0.2) is 0 Å². The number of hydrogen-bond donors (Lipinski definition) is 5. The number of aromatic carboxylic acids is 1. The molecule has 0 spiro atoms. The van der Waals surface area contributed by atoms with Crippen LogP contribution in [-0.2, 0) is 4.79 Å². The maximum Gasteiger partial charge on any atom is 0.352 e. The number of aromatic nitrogens is 1. The van der Waals surface area contributed by atoms with Crippen LogP contribution in [0.15, 0.2) is 43.0 Å². The highest BCUT2D eigenvalue weighted by molar-refractivity contribution is 6.40. The fourth-order valence-corrected chi connectivity index (χ4v) is 3.44. The van der Waals surface area contributed by atoms with Crippen molar-refractivity contribution in [2.75, 3.05) is 10.6 Å². The summed E-state index contributed by atoms with van der Waals surface area (Å²) in [6, 6.07) is 8.43. The zero-order valence-electron chi connectivity index (χ0n) is 14.7. The van der Waals surface area contributed by atoms with E-state index < -0.39 is 17.9 Å². The van der Waals surface area contributed by atoms with Crippen molar-refractivity contribution in [2.45, 2.75) is 0 Å². The molecule has 0 saturated carbocycles. The summed E-state index contributed by atoms with van der Waals surface area (Å²) in [6.45, 7) is 3.74. The predicted octanol–water partition coefficient (Wildman–Crippen LogP) is 4.32. The first kappa shape index (κ1) is 20.2. The molecule has 0 atom stereocenters. The molecule has 8 nitrogen and oxygen atoms in total. The fourth-order valence-electron chi connectivity index (χ4n) is 2.85. The fraction of sp³-hybridized carbons (Fsp3) is 0. The second kappa shape index (κ2) is 7.86. The molecule has 0 unspecified atom stereocenters. The summed E-state index contributed by atoms with van der Waals surface area (Å²) in [4.78, 5) is 38.1. The number of primary amides is 1. The third kappa shape index (κ3) is 4.18. The Hall–Kier alpha value is -3.49. The molecule has 0 fully saturated rings. The van der Waals surface area contributed by atoms with E-state index in [9.17, 15) is 19.5 Å². The molecule has 10 heteroatoms. The van der Waals surface area contributed by atoms with E-state index in [1.54, 1.807) is 18.2 Å². The number of H-pyrrole nitrogens is 1. The van der Waals surface area contributed by atoms with Crippen molar-refractivity contribution in [2.24, 2.45) is 5.73 Å². The maximum atomic E-state index is 12.7. The van der Waals surface area contributed by atoms with Crippen LogP contribution in [0, 0.1) is 0 Å². The van der Waals surface area contributed by atoms with Gasteiger partial charge in [0.1, 0.15) is 5.69 Å². The number of nitrogens with one attached hydrogen (secondary N) is 3. The molecule has 1 aromatic heterocycles. The van der Waals surface area contributed by atoms with E-state index in [-0.39, 0.29) is 21.9 Å². The van der Waals surface area contributed by atoms with Crippen molar-refractivity contribution in [3.8, 4) is 0 Å². The first-order chi connectivity index (χ1) is 13.7.